The SMILES string of the molecule is NS(=O)(=O)CC1CC(=O)N(c2cccnc2Cl)C1. The van der Waals surface area contributed by atoms with Gasteiger partial charge < -0.3 is 4.90 Å². The Morgan fingerprint density at radius 2 is 2.28 bits per heavy atom. The Morgan fingerprint density at radius 1 is 1.56 bits per heavy atom. The number of hydrogen-bond acceptors (Lipinski definition) is 4. The molecule has 1 aliphatic rings. The zero-order valence-electron chi connectivity index (χ0n) is 9.41. The van der Waals surface area contributed by atoms with Crippen LogP contribution in [0.5, 0.6) is 0 Å². The van der Waals surface area contributed by atoms with Gasteiger partial charge in [0.15, 0.2) is 5.15 Å². The van der Waals surface area contributed by atoms with Gasteiger partial charge in [-0.2, -0.15) is 0 Å². The molecular weight excluding hydrogens is 278 g/mol. The van der Waals surface area contributed by atoms with E-state index >= 15 is 0 Å². The Bertz CT molecular complexity index is 575. The van der Waals surface area contributed by atoms with E-state index in [0.717, 1.165) is 0 Å². The second-order valence-corrected chi connectivity index (χ2v) is 6.23. The predicted octanol–water partition coefficient (Wildman–Crippen LogP) is 0.376. The smallest absolute Gasteiger partial charge is 0.227 e. The van der Waals surface area contributed by atoms with E-state index in [0.29, 0.717) is 12.2 Å². The van der Waals surface area contributed by atoms with Gasteiger partial charge in [-0.15, -0.1) is 0 Å². The van der Waals surface area contributed by atoms with E-state index in [-0.39, 0.29) is 29.2 Å². The minimum Gasteiger partial charge on any atom is -0.309 e. The van der Waals surface area contributed by atoms with Gasteiger partial charge >= 0.3 is 0 Å². The van der Waals surface area contributed by atoms with Crippen LogP contribution in [0.1, 0.15) is 6.42 Å². The quantitative estimate of drug-likeness (QED) is 0.814. The summed E-state index contributed by atoms with van der Waals surface area (Å²) < 4.78 is 22.0. The van der Waals surface area contributed by atoms with Crippen LogP contribution in [0.2, 0.25) is 5.15 Å². The highest BCUT2D eigenvalue weighted by Crippen LogP contribution is 2.29. The molecule has 0 saturated carbocycles. The summed E-state index contributed by atoms with van der Waals surface area (Å²) in [5, 5.41) is 5.20. The van der Waals surface area contributed by atoms with Gasteiger partial charge in [0.05, 0.1) is 11.4 Å². The summed E-state index contributed by atoms with van der Waals surface area (Å²) in [4.78, 5) is 17.2. The van der Waals surface area contributed by atoms with Crippen molar-refractivity contribution in [3.05, 3.63) is 23.5 Å². The van der Waals surface area contributed by atoms with Crippen LogP contribution >= 0.6 is 11.6 Å². The van der Waals surface area contributed by atoms with Crippen LogP contribution in [0.4, 0.5) is 5.69 Å². The molecule has 1 unspecified atom stereocenters. The fraction of sp³-hybridized carbons (Fsp3) is 0.400. The molecule has 1 aromatic rings. The molecule has 2 heterocycles. The molecule has 0 radical (unpaired) electrons. The molecule has 1 aliphatic heterocycles. The van der Waals surface area contributed by atoms with Crippen molar-refractivity contribution in [3.8, 4) is 0 Å². The van der Waals surface area contributed by atoms with Gasteiger partial charge in [-0.05, 0) is 12.1 Å². The average Bonchev–Trinajstić information content (AvgIpc) is 2.57. The van der Waals surface area contributed by atoms with E-state index in [1.54, 1.807) is 12.1 Å². The Morgan fingerprint density at radius 3 is 2.89 bits per heavy atom. The number of primary sulfonamides is 1. The molecular formula is C10H12ClN3O3S. The molecule has 18 heavy (non-hydrogen) atoms. The number of carbonyl (C=O) groups excluding carboxylic acids is 1. The van der Waals surface area contributed by atoms with Crippen LogP contribution < -0.4 is 10.0 Å². The number of sulfonamides is 1. The van der Waals surface area contributed by atoms with E-state index < -0.39 is 10.0 Å². The van der Waals surface area contributed by atoms with Crippen molar-refractivity contribution >= 4 is 33.2 Å². The summed E-state index contributed by atoms with van der Waals surface area (Å²) in [6.07, 6.45) is 1.68. The van der Waals surface area contributed by atoms with Gasteiger partial charge in [-0.3, -0.25) is 4.79 Å². The lowest BCUT2D eigenvalue weighted by molar-refractivity contribution is -0.117. The fourth-order valence-corrected chi connectivity index (χ4v) is 3.14. The molecule has 0 spiro atoms. The first kappa shape index (κ1) is 13.3. The summed E-state index contributed by atoms with van der Waals surface area (Å²) in [5.74, 6) is -0.671. The number of hydrogen-bond donors (Lipinski definition) is 1. The summed E-state index contributed by atoms with van der Waals surface area (Å²) in [6.45, 7) is 0.292. The Labute approximate surface area is 110 Å². The highest BCUT2D eigenvalue weighted by molar-refractivity contribution is 7.89. The van der Waals surface area contributed by atoms with Gasteiger partial charge in [0.1, 0.15) is 0 Å². The first-order valence-electron chi connectivity index (χ1n) is 5.28. The number of aromatic nitrogens is 1. The number of rotatable bonds is 3. The summed E-state index contributed by atoms with van der Waals surface area (Å²) >= 11 is 5.90. The van der Waals surface area contributed by atoms with E-state index in [2.05, 4.69) is 4.98 Å². The third-order valence-electron chi connectivity index (χ3n) is 2.70. The fourth-order valence-electron chi connectivity index (χ4n) is 2.03. The van der Waals surface area contributed by atoms with Crippen LogP contribution in [-0.2, 0) is 14.8 Å². The molecule has 0 aliphatic carbocycles. The van der Waals surface area contributed by atoms with Crippen molar-refractivity contribution in [2.45, 2.75) is 6.42 Å². The van der Waals surface area contributed by atoms with Crippen molar-refractivity contribution in [1.29, 1.82) is 0 Å². The number of nitrogens with zero attached hydrogens (tertiary/aromatic N) is 2. The van der Waals surface area contributed by atoms with Crippen molar-refractivity contribution in [2.75, 3.05) is 17.2 Å². The molecule has 1 aromatic heterocycles. The molecule has 2 N–H and O–H groups in total. The maximum Gasteiger partial charge on any atom is 0.227 e. The topological polar surface area (TPSA) is 93.4 Å². The largest absolute Gasteiger partial charge is 0.309 e. The normalized spacial score (nSPS) is 20.4. The van der Waals surface area contributed by atoms with Gasteiger partial charge in [0.2, 0.25) is 15.9 Å². The van der Waals surface area contributed by atoms with Crippen LogP contribution in [0.3, 0.4) is 0 Å². The third-order valence-corrected chi connectivity index (χ3v) is 3.93. The van der Waals surface area contributed by atoms with Crippen molar-refractivity contribution in [2.24, 2.45) is 11.1 Å². The molecule has 0 aromatic carbocycles. The van der Waals surface area contributed by atoms with E-state index in [1.165, 1.54) is 11.1 Å². The molecule has 1 saturated heterocycles. The summed E-state index contributed by atoms with van der Waals surface area (Å²) in [5.41, 5.74) is 0.501. The van der Waals surface area contributed by atoms with Gasteiger partial charge in [-0.1, -0.05) is 11.6 Å². The standard InChI is InChI=1S/C10H12ClN3O3S/c11-10-8(2-1-3-13-10)14-5-7(4-9(14)15)6-18(12,16)17/h1-3,7H,4-6H2,(H2,12,16,17). The van der Waals surface area contributed by atoms with Crippen LogP contribution in [0.25, 0.3) is 0 Å². The van der Waals surface area contributed by atoms with Crippen LogP contribution in [-0.4, -0.2) is 31.6 Å². The molecule has 1 fully saturated rings. The molecule has 2 rings (SSSR count). The highest BCUT2D eigenvalue weighted by atomic mass is 35.5. The van der Waals surface area contributed by atoms with Gasteiger partial charge in [-0.25, -0.2) is 18.5 Å². The second kappa shape index (κ2) is 4.83. The Kier molecular flexibility index (Phi) is 3.56. The first-order valence-corrected chi connectivity index (χ1v) is 7.37. The molecule has 0 bridgehead atoms. The number of pyridine rings is 1. The van der Waals surface area contributed by atoms with Crippen molar-refractivity contribution < 1.29 is 13.2 Å². The molecule has 6 nitrogen and oxygen atoms in total. The first-order chi connectivity index (χ1) is 8.37. The lowest BCUT2D eigenvalue weighted by Crippen LogP contribution is -2.27. The van der Waals surface area contributed by atoms with Crippen LogP contribution in [0.15, 0.2) is 18.3 Å². The number of carbonyl (C=O) groups is 1. The Hall–Kier alpha value is -1.18. The summed E-state index contributed by atoms with van der Waals surface area (Å²) in [6, 6.07) is 3.34. The zero-order valence-corrected chi connectivity index (χ0v) is 11.0. The maximum atomic E-state index is 11.8. The lowest BCUT2D eigenvalue weighted by Gasteiger charge is -2.17. The second-order valence-electron chi connectivity index (χ2n) is 4.22. The average molecular weight is 290 g/mol. The minimum absolute atomic E-state index is 0.154. The highest BCUT2D eigenvalue weighted by Gasteiger charge is 2.33. The number of nitrogens with two attached hydrogens (primary N) is 1. The van der Waals surface area contributed by atoms with Crippen molar-refractivity contribution in [1.82, 2.24) is 4.98 Å². The van der Waals surface area contributed by atoms with E-state index in [4.69, 9.17) is 16.7 Å². The van der Waals surface area contributed by atoms with E-state index in [1.807, 2.05) is 0 Å². The van der Waals surface area contributed by atoms with E-state index in [9.17, 15) is 13.2 Å². The Balaban J connectivity index is 2.18. The number of anilines is 1. The maximum absolute atomic E-state index is 11.8. The minimum atomic E-state index is -3.57. The predicted molar refractivity (Wildman–Crippen MR) is 67.7 cm³/mol. The molecule has 1 atom stereocenters. The monoisotopic (exact) mass is 289 g/mol. The third kappa shape index (κ3) is 2.98. The lowest BCUT2D eigenvalue weighted by atomic mass is 10.1. The zero-order chi connectivity index (χ0) is 13.3. The summed E-state index contributed by atoms with van der Waals surface area (Å²) in [7, 11) is -3.57. The van der Waals surface area contributed by atoms with Gasteiger partial charge in [0.25, 0.3) is 0 Å². The molecule has 1 amide bonds. The van der Waals surface area contributed by atoms with Crippen molar-refractivity contribution in [3.63, 3.8) is 0 Å². The number of halogens is 1. The molecule has 8 heteroatoms. The van der Waals surface area contributed by atoms with Gasteiger partial charge in [0, 0.05) is 25.1 Å². The molecule has 98 valence electrons. The number of amides is 1. The van der Waals surface area contributed by atoms with Crippen LogP contribution in [0, 0.1) is 5.92 Å².